The summed E-state index contributed by atoms with van der Waals surface area (Å²) in [5.74, 6) is 0.240. The summed E-state index contributed by atoms with van der Waals surface area (Å²) in [6.45, 7) is 8.76. The average Bonchev–Trinajstić information content (AvgIpc) is 2.68. The standard InChI is InChI=1S/C13H22N4O/c1-9-8-14-6-7-17(9)13(18)5-4-12-10(2)11(3)15-16-12/h9,14H,4-8H2,1-3H3,(H,15,16)/t9-/m0/s1. The Morgan fingerprint density at radius 2 is 2.28 bits per heavy atom. The molecule has 0 bridgehead atoms. The zero-order chi connectivity index (χ0) is 13.1. The van der Waals surface area contributed by atoms with E-state index in [9.17, 15) is 4.79 Å². The maximum atomic E-state index is 12.2. The van der Waals surface area contributed by atoms with Crippen LogP contribution in [0.3, 0.4) is 0 Å². The Hall–Kier alpha value is -1.36. The van der Waals surface area contributed by atoms with Gasteiger partial charge in [-0.3, -0.25) is 9.89 Å². The number of rotatable bonds is 3. The van der Waals surface area contributed by atoms with Crippen LogP contribution in [-0.2, 0) is 11.2 Å². The normalized spacial score (nSPS) is 20.2. The highest BCUT2D eigenvalue weighted by molar-refractivity contribution is 5.77. The Bertz CT molecular complexity index is 427. The molecule has 18 heavy (non-hydrogen) atoms. The molecule has 1 aromatic heterocycles. The van der Waals surface area contributed by atoms with Gasteiger partial charge in [0.25, 0.3) is 0 Å². The molecular weight excluding hydrogens is 228 g/mol. The molecule has 1 fully saturated rings. The monoisotopic (exact) mass is 250 g/mol. The predicted molar refractivity (Wildman–Crippen MR) is 70.4 cm³/mol. The minimum absolute atomic E-state index is 0.240. The zero-order valence-electron chi connectivity index (χ0n) is 11.4. The zero-order valence-corrected chi connectivity index (χ0v) is 11.4. The lowest BCUT2D eigenvalue weighted by atomic mass is 10.1. The molecule has 2 rings (SSSR count). The Morgan fingerprint density at radius 3 is 2.89 bits per heavy atom. The van der Waals surface area contributed by atoms with Crippen LogP contribution in [0.15, 0.2) is 0 Å². The number of nitrogens with zero attached hydrogens (tertiary/aromatic N) is 2. The van der Waals surface area contributed by atoms with E-state index in [0.717, 1.165) is 37.4 Å². The number of H-pyrrole nitrogens is 1. The number of nitrogens with one attached hydrogen (secondary N) is 2. The van der Waals surface area contributed by atoms with Crippen molar-refractivity contribution in [2.24, 2.45) is 0 Å². The van der Waals surface area contributed by atoms with Crippen molar-refractivity contribution in [2.45, 2.75) is 39.7 Å². The van der Waals surface area contributed by atoms with Crippen molar-refractivity contribution in [3.8, 4) is 0 Å². The summed E-state index contributed by atoms with van der Waals surface area (Å²) in [6, 6.07) is 0.299. The molecule has 1 saturated heterocycles. The van der Waals surface area contributed by atoms with E-state index in [2.05, 4.69) is 22.4 Å². The molecule has 1 aromatic rings. The smallest absolute Gasteiger partial charge is 0.223 e. The van der Waals surface area contributed by atoms with Gasteiger partial charge in [-0.05, 0) is 26.3 Å². The van der Waals surface area contributed by atoms with Crippen LogP contribution in [0.2, 0.25) is 0 Å². The minimum atomic E-state index is 0.240. The van der Waals surface area contributed by atoms with Gasteiger partial charge < -0.3 is 10.2 Å². The fourth-order valence-corrected chi connectivity index (χ4v) is 2.36. The summed E-state index contributed by atoms with van der Waals surface area (Å²) >= 11 is 0. The number of hydrogen-bond donors (Lipinski definition) is 2. The van der Waals surface area contributed by atoms with Crippen molar-refractivity contribution < 1.29 is 4.79 Å². The Morgan fingerprint density at radius 1 is 1.50 bits per heavy atom. The molecule has 0 aromatic carbocycles. The summed E-state index contributed by atoms with van der Waals surface area (Å²) in [7, 11) is 0. The van der Waals surface area contributed by atoms with Gasteiger partial charge in [0.15, 0.2) is 0 Å². The SMILES string of the molecule is Cc1[nH]nc(CCC(=O)N2CCNC[C@@H]2C)c1C. The molecular formula is C13H22N4O. The topological polar surface area (TPSA) is 61.0 Å². The molecule has 2 N–H and O–H groups in total. The number of hydrogen-bond acceptors (Lipinski definition) is 3. The second kappa shape index (κ2) is 5.52. The second-order valence-electron chi connectivity index (χ2n) is 5.06. The lowest BCUT2D eigenvalue weighted by Crippen LogP contribution is -2.52. The predicted octanol–water partition coefficient (Wildman–Crippen LogP) is 0.779. The second-order valence-corrected chi connectivity index (χ2v) is 5.06. The van der Waals surface area contributed by atoms with Gasteiger partial charge in [-0.15, -0.1) is 0 Å². The van der Waals surface area contributed by atoms with Gasteiger partial charge in [-0.2, -0.15) is 5.10 Å². The van der Waals surface area contributed by atoms with Crippen molar-refractivity contribution in [3.63, 3.8) is 0 Å². The van der Waals surface area contributed by atoms with E-state index in [-0.39, 0.29) is 5.91 Å². The van der Waals surface area contributed by atoms with E-state index in [1.165, 1.54) is 5.56 Å². The van der Waals surface area contributed by atoms with E-state index in [1.807, 2.05) is 18.7 Å². The molecule has 0 radical (unpaired) electrons. The maximum Gasteiger partial charge on any atom is 0.223 e. The van der Waals surface area contributed by atoms with Crippen molar-refractivity contribution in [3.05, 3.63) is 17.0 Å². The van der Waals surface area contributed by atoms with Crippen LogP contribution < -0.4 is 5.32 Å². The molecule has 5 heteroatoms. The molecule has 2 heterocycles. The Balaban J connectivity index is 1.90. The molecule has 1 aliphatic rings. The number of aromatic amines is 1. The first-order valence-corrected chi connectivity index (χ1v) is 6.60. The van der Waals surface area contributed by atoms with Crippen molar-refractivity contribution >= 4 is 5.91 Å². The van der Waals surface area contributed by atoms with E-state index in [0.29, 0.717) is 12.5 Å². The molecule has 0 spiro atoms. The number of carbonyl (C=O) groups excluding carboxylic acids is 1. The number of carbonyl (C=O) groups is 1. The van der Waals surface area contributed by atoms with Crippen LogP contribution in [0.5, 0.6) is 0 Å². The van der Waals surface area contributed by atoms with Gasteiger partial charge in [0.05, 0.1) is 5.69 Å². The number of aromatic nitrogens is 2. The Labute approximate surface area is 108 Å². The Kier molecular flexibility index (Phi) is 4.01. The third kappa shape index (κ3) is 2.72. The summed E-state index contributed by atoms with van der Waals surface area (Å²) in [5, 5.41) is 10.5. The first-order valence-electron chi connectivity index (χ1n) is 6.60. The van der Waals surface area contributed by atoms with Crippen molar-refractivity contribution in [1.82, 2.24) is 20.4 Å². The van der Waals surface area contributed by atoms with Crippen LogP contribution in [-0.4, -0.2) is 46.7 Å². The molecule has 1 aliphatic heterocycles. The van der Waals surface area contributed by atoms with Crippen molar-refractivity contribution in [2.75, 3.05) is 19.6 Å². The molecule has 0 unspecified atom stereocenters. The largest absolute Gasteiger partial charge is 0.337 e. The van der Waals surface area contributed by atoms with E-state index < -0.39 is 0 Å². The van der Waals surface area contributed by atoms with E-state index in [4.69, 9.17) is 0 Å². The van der Waals surface area contributed by atoms with Crippen LogP contribution in [0, 0.1) is 13.8 Å². The maximum absolute atomic E-state index is 12.2. The average molecular weight is 250 g/mol. The van der Waals surface area contributed by atoms with E-state index >= 15 is 0 Å². The van der Waals surface area contributed by atoms with Crippen molar-refractivity contribution in [1.29, 1.82) is 0 Å². The third-order valence-electron chi connectivity index (χ3n) is 3.75. The summed E-state index contributed by atoms with van der Waals surface area (Å²) in [5.41, 5.74) is 3.28. The highest BCUT2D eigenvalue weighted by Crippen LogP contribution is 2.12. The van der Waals surface area contributed by atoms with Crippen LogP contribution in [0.4, 0.5) is 0 Å². The van der Waals surface area contributed by atoms with Gasteiger partial charge in [0, 0.05) is 44.2 Å². The molecule has 0 aliphatic carbocycles. The lowest BCUT2D eigenvalue weighted by Gasteiger charge is -2.34. The molecule has 1 amide bonds. The highest BCUT2D eigenvalue weighted by atomic mass is 16.2. The molecule has 0 saturated carbocycles. The fourth-order valence-electron chi connectivity index (χ4n) is 2.36. The van der Waals surface area contributed by atoms with Gasteiger partial charge in [-0.1, -0.05) is 0 Å². The molecule has 5 nitrogen and oxygen atoms in total. The van der Waals surface area contributed by atoms with Crippen LogP contribution in [0.25, 0.3) is 0 Å². The first-order chi connectivity index (χ1) is 8.59. The summed E-state index contributed by atoms with van der Waals surface area (Å²) < 4.78 is 0. The number of aryl methyl sites for hydroxylation is 2. The summed E-state index contributed by atoms with van der Waals surface area (Å²) in [6.07, 6.45) is 1.28. The lowest BCUT2D eigenvalue weighted by molar-refractivity contribution is -0.133. The minimum Gasteiger partial charge on any atom is -0.337 e. The van der Waals surface area contributed by atoms with E-state index in [1.54, 1.807) is 0 Å². The number of amides is 1. The van der Waals surface area contributed by atoms with Crippen LogP contribution >= 0.6 is 0 Å². The van der Waals surface area contributed by atoms with Gasteiger partial charge in [0.2, 0.25) is 5.91 Å². The third-order valence-corrected chi connectivity index (χ3v) is 3.75. The first kappa shape index (κ1) is 13.1. The highest BCUT2D eigenvalue weighted by Gasteiger charge is 2.22. The van der Waals surface area contributed by atoms with Gasteiger partial charge >= 0.3 is 0 Å². The molecule has 100 valence electrons. The van der Waals surface area contributed by atoms with Gasteiger partial charge in [-0.25, -0.2) is 0 Å². The molecule has 1 atom stereocenters. The quantitative estimate of drug-likeness (QED) is 0.833. The van der Waals surface area contributed by atoms with Gasteiger partial charge in [0.1, 0.15) is 0 Å². The fraction of sp³-hybridized carbons (Fsp3) is 0.692. The van der Waals surface area contributed by atoms with Crippen LogP contribution in [0.1, 0.15) is 30.3 Å². The number of piperazine rings is 1. The summed E-state index contributed by atoms with van der Waals surface area (Å²) in [4.78, 5) is 14.1.